The Morgan fingerprint density at radius 3 is 1.67 bits per heavy atom. The van der Waals surface area contributed by atoms with Gasteiger partial charge in [-0.3, -0.25) is 0 Å². The molecule has 0 aliphatic carbocycles. The van der Waals surface area contributed by atoms with Gasteiger partial charge in [-0.25, -0.2) is 14.0 Å². The molecular formula is C28H21FO4. The summed E-state index contributed by atoms with van der Waals surface area (Å²) in [5.74, 6) is -0.804. The van der Waals surface area contributed by atoms with Crippen molar-refractivity contribution in [1.29, 1.82) is 0 Å². The first-order valence-corrected chi connectivity index (χ1v) is 10.0. The molecule has 0 aromatic heterocycles. The van der Waals surface area contributed by atoms with E-state index in [1.165, 1.54) is 6.07 Å². The number of hydrogen-bond donors (Lipinski definition) is 0. The minimum atomic E-state index is -0.570. The Morgan fingerprint density at radius 2 is 1.15 bits per heavy atom. The number of hydrogen-bond acceptors (Lipinski definition) is 4. The quantitative estimate of drug-likeness (QED) is 0.177. The maximum atomic E-state index is 14.7. The van der Waals surface area contributed by atoms with E-state index in [0.29, 0.717) is 33.8 Å². The largest absolute Gasteiger partial charge is 0.423 e. The van der Waals surface area contributed by atoms with Gasteiger partial charge >= 0.3 is 11.9 Å². The van der Waals surface area contributed by atoms with Crippen molar-refractivity contribution in [2.24, 2.45) is 0 Å². The highest BCUT2D eigenvalue weighted by atomic mass is 19.1. The van der Waals surface area contributed by atoms with Crippen LogP contribution < -0.4 is 9.47 Å². The molecule has 0 fully saturated rings. The second kappa shape index (κ2) is 11.2. The van der Waals surface area contributed by atoms with Crippen molar-refractivity contribution in [2.75, 3.05) is 0 Å². The molecular weight excluding hydrogens is 419 g/mol. The van der Waals surface area contributed by atoms with E-state index in [4.69, 9.17) is 9.47 Å². The Morgan fingerprint density at radius 1 is 0.667 bits per heavy atom. The summed E-state index contributed by atoms with van der Waals surface area (Å²) in [5.41, 5.74) is 2.30. The summed E-state index contributed by atoms with van der Waals surface area (Å²) >= 11 is 0. The fourth-order valence-electron chi connectivity index (χ4n) is 2.87. The Hall–Kier alpha value is -4.51. The smallest absolute Gasteiger partial charge is 0.335 e. The Labute approximate surface area is 191 Å². The molecule has 0 radical (unpaired) electrons. The Bertz CT molecular complexity index is 1250. The van der Waals surface area contributed by atoms with Gasteiger partial charge in [0.15, 0.2) is 0 Å². The van der Waals surface area contributed by atoms with E-state index < -0.39 is 17.8 Å². The third-order valence-corrected chi connectivity index (χ3v) is 4.51. The summed E-state index contributed by atoms with van der Waals surface area (Å²) in [6, 6.07) is 18.8. The van der Waals surface area contributed by atoms with Crippen LogP contribution in [0, 0.1) is 5.82 Å². The fraction of sp³-hybridized carbons (Fsp3) is 0. The normalized spacial score (nSPS) is 10.8. The summed E-state index contributed by atoms with van der Waals surface area (Å²) in [4.78, 5) is 23.0. The molecule has 3 aromatic carbocycles. The lowest BCUT2D eigenvalue weighted by atomic mass is 10.1. The third-order valence-electron chi connectivity index (χ3n) is 4.51. The van der Waals surface area contributed by atoms with E-state index >= 15 is 0 Å². The van der Waals surface area contributed by atoms with Gasteiger partial charge in [0.1, 0.15) is 17.3 Å². The van der Waals surface area contributed by atoms with Crippen LogP contribution in [0.4, 0.5) is 4.39 Å². The minimum Gasteiger partial charge on any atom is -0.423 e. The lowest BCUT2D eigenvalue weighted by Gasteiger charge is -2.06. The van der Waals surface area contributed by atoms with Crippen LogP contribution in [0.15, 0.2) is 92.0 Å². The van der Waals surface area contributed by atoms with Crippen molar-refractivity contribution >= 4 is 36.2 Å². The van der Waals surface area contributed by atoms with Gasteiger partial charge in [-0.2, -0.15) is 0 Å². The van der Waals surface area contributed by atoms with Gasteiger partial charge in [-0.15, -0.1) is 0 Å². The van der Waals surface area contributed by atoms with Gasteiger partial charge in [0.2, 0.25) is 0 Å². The first kappa shape index (κ1) is 23.2. The van der Waals surface area contributed by atoms with Crippen molar-refractivity contribution in [3.63, 3.8) is 0 Å². The highest BCUT2D eigenvalue weighted by Crippen LogP contribution is 2.24. The second-order valence-electron chi connectivity index (χ2n) is 6.77. The van der Waals surface area contributed by atoms with Gasteiger partial charge in [0.05, 0.1) is 0 Å². The minimum absolute atomic E-state index is 0.356. The van der Waals surface area contributed by atoms with Crippen LogP contribution in [0.25, 0.3) is 24.3 Å². The molecule has 3 aromatic rings. The van der Waals surface area contributed by atoms with E-state index in [0.717, 1.165) is 12.2 Å². The number of carbonyl (C=O) groups is 2. The van der Waals surface area contributed by atoms with Gasteiger partial charge in [0.25, 0.3) is 0 Å². The standard InChI is InChI=1S/C28H21FO4/c1-3-27(30)32-25-11-7-5-9-22(25)16-14-20-13-15-21(24(29)19-20)17-18-23-10-6-8-12-26(23)33-28(31)4-2/h3-19H,1-2H2/b16-14+,18-17+. The lowest BCUT2D eigenvalue weighted by molar-refractivity contribution is -0.129. The van der Waals surface area contributed by atoms with Gasteiger partial charge in [0, 0.05) is 28.8 Å². The molecule has 0 saturated carbocycles. The first-order chi connectivity index (χ1) is 16.0. The van der Waals surface area contributed by atoms with Crippen molar-refractivity contribution in [3.05, 3.63) is 120 Å². The predicted molar refractivity (Wildman–Crippen MR) is 129 cm³/mol. The molecule has 0 aliphatic heterocycles. The summed E-state index contributed by atoms with van der Waals surface area (Å²) in [5, 5.41) is 0. The molecule has 0 aliphatic rings. The van der Waals surface area contributed by atoms with Crippen LogP contribution in [-0.2, 0) is 9.59 Å². The van der Waals surface area contributed by atoms with E-state index in [1.54, 1.807) is 78.9 Å². The molecule has 0 unspecified atom stereocenters. The molecule has 5 heteroatoms. The van der Waals surface area contributed by atoms with Crippen molar-refractivity contribution < 1.29 is 23.5 Å². The number of para-hydroxylation sites is 2. The first-order valence-electron chi connectivity index (χ1n) is 10.0. The monoisotopic (exact) mass is 440 g/mol. The molecule has 0 atom stereocenters. The Balaban J connectivity index is 1.78. The van der Waals surface area contributed by atoms with Gasteiger partial charge in [-0.05, 0) is 23.8 Å². The summed E-state index contributed by atoms with van der Waals surface area (Å²) in [6.07, 6.45) is 8.90. The van der Waals surface area contributed by atoms with E-state index in [9.17, 15) is 14.0 Å². The highest BCUT2D eigenvalue weighted by molar-refractivity contribution is 5.85. The zero-order valence-corrected chi connectivity index (χ0v) is 17.7. The van der Waals surface area contributed by atoms with Crippen LogP contribution in [-0.4, -0.2) is 11.9 Å². The molecule has 4 nitrogen and oxygen atoms in total. The maximum Gasteiger partial charge on any atom is 0.335 e. The predicted octanol–water partition coefficient (Wildman–Crippen LogP) is 6.35. The summed E-state index contributed by atoms with van der Waals surface area (Å²) in [7, 11) is 0. The van der Waals surface area contributed by atoms with Crippen molar-refractivity contribution in [1.82, 2.24) is 0 Å². The summed E-state index contributed by atoms with van der Waals surface area (Å²) in [6.45, 7) is 6.77. The molecule has 3 rings (SSSR count). The number of esters is 2. The van der Waals surface area contributed by atoms with Crippen molar-refractivity contribution in [2.45, 2.75) is 0 Å². The van der Waals surface area contributed by atoms with E-state index in [2.05, 4.69) is 13.2 Å². The molecule has 33 heavy (non-hydrogen) atoms. The zero-order chi connectivity index (χ0) is 23.6. The molecule has 0 bridgehead atoms. The number of rotatable bonds is 8. The van der Waals surface area contributed by atoms with Crippen LogP contribution in [0.5, 0.6) is 11.5 Å². The average molecular weight is 440 g/mol. The topological polar surface area (TPSA) is 52.6 Å². The van der Waals surface area contributed by atoms with Crippen molar-refractivity contribution in [3.8, 4) is 11.5 Å². The van der Waals surface area contributed by atoms with Crippen LogP contribution >= 0.6 is 0 Å². The summed E-state index contributed by atoms with van der Waals surface area (Å²) < 4.78 is 25.1. The maximum absolute atomic E-state index is 14.7. The zero-order valence-electron chi connectivity index (χ0n) is 17.7. The number of ether oxygens (including phenoxy) is 2. The van der Waals surface area contributed by atoms with E-state index in [-0.39, 0.29) is 0 Å². The molecule has 164 valence electrons. The van der Waals surface area contributed by atoms with E-state index in [1.807, 2.05) is 6.07 Å². The number of benzene rings is 3. The molecule has 0 spiro atoms. The number of carbonyl (C=O) groups excluding carboxylic acids is 2. The van der Waals surface area contributed by atoms with Crippen LogP contribution in [0.3, 0.4) is 0 Å². The molecule has 0 N–H and O–H groups in total. The SMILES string of the molecule is C=CC(=O)Oc1ccccc1/C=C/c1ccc(/C=C/c2ccccc2OC(=O)C=C)c(F)c1. The van der Waals surface area contributed by atoms with Gasteiger partial charge in [-0.1, -0.05) is 86.0 Å². The van der Waals surface area contributed by atoms with Gasteiger partial charge < -0.3 is 9.47 Å². The average Bonchev–Trinajstić information content (AvgIpc) is 2.83. The molecule has 0 amide bonds. The second-order valence-corrected chi connectivity index (χ2v) is 6.77. The third kappa shape index (κ3) is 6.48. The highest BCUT2D eigenvalue weighted by Gasteiger charge is 2.06. The molecule has 0 saturated heterocycles. The van der Waals surface area contributed by atoms with Crippen LogP contribution in [0.1, 0.15) is 22.3 Å². The molecule has 0 heterocycles. The van der Waals surface area contributed by atoms with Crippen LogP contribution in [0.2, 0.25) is 0 Å². The Kier molecular flexibility index (Phi) is 7.86. The lowest BCUT2D eigenvalue weighted by Crippen LogP contribution is -2.04. The number of halogens is 1. The fourth-order valence-corrected chi connectivity index (χ4v) is 2.87.